The molecule has 0 bridgehead atoms. The van der Waals surface area contributed by atoms with Crippen LogP contribution in [0.2, 0.25) is 0 Å². The summed E-state index contributed by atoms with van der Waals surface area (Å²) < 4.78 is 29.3. The van der Waals surface area contributed by atoms with Crippen molar-refractivity contribution in [2.24, 2.45) is 0 Å². The Balaban J connectivity index is 1.80. The van der Waals surface area contributed by atoms with Gasteiger partial charge in [0.05, 0.1) is 10.6 Å². The number of hydrogen-bond donors (Lipinski definition) is 1. The Labute approximate surface area is 255 Å². The van der Waals surface area contributed by atoms with Crippen LogP contribution in [0.5, 0.6) is 0 Å². The molecule has 1 unspecified atom stereocenters. The van der Waals surface area contributed by atoms with Crippen molar-refractivity contribution >= 4 is 27.5 Å². The molecule has 0 aliphatic carbocycles. The molecule has 0 heterocycles. The average molecular weight is 598 g/mol. The Kier molecular flexibility index (Phi) is 10.4. The van der Waals surface area contributed by atoms with E-state index in [4.69, 9.17) is 0 Å². The number of aryl methyl sites for hydroxylation is 3. The summed E-state index contributed by atoms with van der Waals surface area (Å²) in [7, 11) is -4.12. The summed E-state index contributed by atoms with van der Waals surface area (Å²) in [6.07, 6.45) is 0.277. The van der Waals surface area contributed by atoms with Gasteiger partial charge in [-0.2, -0.15) is 0 Å². The lowest BCUT2D eigenvalue weighted by Crippen LogP contribution is -2.53. The van der Waals surface area contributed by atoms with Gasteiger partial charge in [-0.3, -0.25) is 13.9 Å². The predicted octanol–water partition coefficient (Wildman–Crippen LogP) is 5.58. The van der Waals surface area contributed by atoms with E-state index in [0.29, 0.717) is 12.2 Å². The lowest BCUT2D eigenvalue weighted by Gasteiger charge is -2.34. The normalized spacial score (nSPS) is 11.9. The zero-order valence-electron chi connectivity index (χ0n) is 25.2. The molecule has 0 spiro atoms. The molecule has 8 heteroatoms. The van der Waals surface area contributed by atoms with E-state index < -0.39 is 28.5 Å². The molecule has 7 nitrogen and oxygen atoms in total. The maximum Gasteiger partial charge on any atom is 0.264 e. The molecule has 1 N–H and O–H groups in total. The monoisotopic (exact) mass is 597 g/mol. The van der Waals surface area contributed by atoms with Crippen molar-refractivity contribution in [3.63, 3.8) is 0 Å². The number of likely N-dealkylation sites (N-methyl/N-ethyl adjacent to an activating group) is 1. The first-order valence-corrected chi connectivity index (χ1v) is 15.9. The second-order valence-corrected chi connectivity index (χ2v) is 12.6. The van der Waals surface area contributed by atoms with Gasteiger partial charge >= 0.3 is 0 Å². The molecule has 43 heavy (non-hydrogen) atoms. The fourth-order valence-corrected chi connectivity index (χ4v) is 6.31. The van der Waals surface area contributed by atoms with Crippen molar-refractivity contribution in [2.45, 2.75) is 51.6 Å². The van der Waals surface area contributed by atoms with Gasteiger partial charge < -0.3 is 10.2 Å². The molecule has 0 aliphatic heterocycles. The van der Waals surface area contributed by atoms with Crippen LogP contribution >= 0.6 is 0 Å². The number of rotatable bonds is 12. The number of nitrogens with one attached hydrogen (secondary N) is 1. The van der Waals surface area contributed by atoms with Crippen molar-refractivity contribution in [3.8, 4) is 0 Å². The van der Waals surface area contributed by atoms with Crippen LogP contribution in [-0.4, -0.2) is 44.3 Å². The smallest absolute Gasteiger partial charge is 0.264 e. The highest BCUT2D eigenvalue weighted by Crippen LogP contribution is 2.26. The predicted molar refractivity (Wildman–Crippen MR) is 171 cm³/mol. The first-order valence-electron chi connectivity index (χ1n) is 14.4. The first-order chi connectivity index (χ1) is 20.6. The molecule has 0 fully saturated rings. The third-order valence-corrected chi connectivity index (χ3v) is 9.22. The van der Waals surface area contributed by atoms with Gasteiger partial charge in [0.15, 0.2) is 0 Å². The number of carbonyl (C=O) groups excluding carboxylic acids is 2. The van der Waals surface area contributed by atoms with E-state index in [1.165, 1.54) is 4.90 Å². The highest BCUT2D eigenvalue weighted by Gasteiger charge is 2.34. The van der Waals surface area contributed by atoms with Crippen molar-refractivity contribution in [1.29, 1.82) is 0 Å². The third-order valence-electron chi connectivity index (χ3n) is 7.43. The van der Waals surface area contributed by atoms with E-state index in [0.717, 1.165) is 32.1 Å². The minimum absolute atomic E-state index is 0.0847. The van der Waals surface area contributed by atoms with Gasteiger partial charge in [-0.15, -0.1) is 0 Å². The molecule has 0 aliphatic rings. The fourth-order valence-electron chi connectivity index (χ4n) is 4.89. The van der Waals surface area contributed by atoms with Gasteiger partial charge in [0, 0.05) is 19.5 Å². The maximum atomic E-state index is 14.4. The van der Waals surface area contributed by atoms with Crippen LogP contribution in [0.25, 0.3) is 0 Å². The summed E-state index contributed by atoms with van der Waals surface area (Å²) in [5.41, 5.74) is 4.99. The van der Waals surface area contributed by atoms with Crippen LogP contribution in [-0.2, 0) is 32.6 Å². The van der Waals surface area contributed by atoms with Crippen molar-refractivity contribution in [3.05, 3.63) is 131 Å². The van der Waals surface area contributed by atoms with Gasteiger partial charge in [-0.1, -0.05) is 90.0 Å². The Bertz CT molecular complexity index is 1640. The SMILES string of the molecule is CCNC(=O)C(Cc1ccccc1)N(Cc1ccccc1C)C(=O)CN(c1ccc(C)cc1)S(=O)(=O)c1ccc(C)cc1. The molecular formula is C35H39N3O4S. The summed E-state index contributed by atoms with van der Waals surface area (Å²) in [5, 5.41) is 2.89. The zero-order chi connectivity index (χ0) is 31.0. The number of anilines is 1. The minimum Gasteiger partial charge on any atom is -0.355 e. The molecule has 2 amide bonds. The number of benzene rings is 4. The van der Waals surface area contributed by atoms with Crippen LogP contribution in [0.1, 0.15) is 34.7 Å². The molecule has 1 atom stereocenters. The Morgan fingerprint density at radius 1 is 0.767 bits per heavy atom. The van der Waals surface area contributed by atoms with Crippen LogP contribution in [0.15, 0.2) is 108 Å². The number of carbonyl (C=O) groups is 2. The Morgan fingerprint density at radius 3 is 1.95 bits per heavy atom. The van der Waals surface area contributed by atoms with E-state index in [-0.39, 0.29) is 23.8 Å². The van der Waals surface area contributed by atoms with E-state index >= 15 is 0 Å². The quantitative estimate of drug-likeness (QED) is 0.231. The fraction of sp³-hybridized carbons (Fsp3) is 0.257. The lowest BCUT2D eigenvalue weighted by molar-refractivity contribution is -0.140. The number of nitrogens with zero attached hydrogens (tertiary/aromatic N) is 2. The molecule has 0 saturated carbocycles. The Morgan fingerprint density at radius 2 is 1.35 bits per heavy atom. The van der Waals surface area contributed by atoms with Gasteiger partial charge in [-0.25, -0.2) is 8.42 Å². The van der Waals surface area contributed by atoms with E-state index in [1.54, 1.807) is 36.4 Å². The van der Waals surface area contributed by atoms with Crippen LogP contribution in [0, 0.1) is 20.8 Å². The van der Waals surface area contributed by atoms with E-state index in [1.807, 2.05) is 94.4 Å². The standard InChI is InChI=1S/C35H39N3O4S/c1-5-36-35(40)33(23-29-12-7-6-8-13-29)37(24-30-14-10-9-11-28(30)4)34(39)25-38(31-19-15-26(2)16-20-31)43(41,42)32-21-17-27(3)18-22-32/h6-22,33H,5,23-25H2,1-4H3,(H,36,40). The van der Waals surface area contributed by atoms with Crippen molar-refractivity contribution in [2.75, 3.05) is 17.4 Å². The number of amides is 2. The number of hydrogen-bond acceptors (Lipinski definition) is 4. The van der Waals surface area contributed by atoms with Gasteiger partial charge in [0.2, 0.25) is 11.8 Å². The zero-order valence-corrected chi connectivity index (χ0v) is 26.0. The molecule has 224 valence electrons. The average Bonchev–Trinajstić information content (AvgIpc) is 3.00. The molecular weight excluding hydrogens is 558 g/mol. The highest BCUT2D eigenvalue weighted by atomic mass is 32.2. The number of sulfonamides is 1. The second-order valence-electron chi connectivity index (χ2n) is 10.7. The second kappa shape index (κ2) is 14.2. The maximum absolute atomic E-state index is 14.4. The molecule has 0 aromatic heterocycles. The van der Waals surface area contributed by atoms with E-state index in [2.05, 4.69) is 5.32 Å². The van der Waals surface area contributed by atoms with Crippen LogP contribution in [0.4, 0.5) is 5.69 Å². The summed E-state index contributed by atoms with van der Waals surface area (Å²) in [5.74, 6) is -0.775. The summed E-state index contributed by atoms with van der Waals surface area (Å²) in [6, 6.07) is 30.0. The topological polar surface area (TPSA) is 86.8 Å². The largest absolute Gasteiger partial charge is 0.355 e. The molecule has 0 radical (unpaired) electrons. The summed E-state index contributed by atoms with van der Waals surface area (Å²) in [4.78, 5) is 29.6. The highest BCUT2D eigenvalue weighted by molar-refractivity contribution is 7.92. The molecule has 4 rings (SSSR count). The van der Waals surface area contributed by atoms with Crippen LogP contribution in [0.3, 0.4) is 0 Å². The van der Waals surface area contributed by atoms with Crippen molar-refractivity contribution in [1.82, 2.24) is 10.2 Å². The van der Waals surface area contributed by atoms with Gasteiger partial charge in [0.1, 0.15) is 12.6 Å². The summed E-state index contributed by atoms with van der Waals surface area (Å²) >= 11 is 0. The van der Waals surface area contributed by atoms with Crippen molar-refractivity contribution < 1.29 is 18.0 Å². The third kappa shape index (κ3) is 7.90. The summed E-state index contributed by atoms with van der Waals surface area (Å²) in [6.45, 7) is 7.65. The molecule has 0 saturated heterocycles. The molecule has 4 aromatic carbocycles. The lowest BCUT2D eigenvalue weighted by atomic mass is 10.0. The first kappa shape index (κ1) is 31.5. The van der Waals surface area contributed by atoms with Gasteiger partial charge in [0.25, 0.3) is 10.0 Å². The van der Waals surface area contributed by atoms with Gasteiger partial charge in [-0.05, 0) is 68.7 Å². The van der Waals surface area contributed by atoms with Crippen LogP contribution < -0.4 is 9.62 Å². The van der Waals surface area contributed by atoms with E-state index in [9.17, 15) is 18.0 Å². The Hall–Kier alpha value is -4.43. The molecule has 4 aromatic rings. The minimum atomic E-state index is -4.12.